The van der Waals surface area contributed by atoms with Crippen LogP contribution in [0.25, 0.3) is 0 Å². The number of benzene rings is 3. The highest BCUT2D eigenvalue weighted by Crippen LogP contribution is 2.27. The molecule has 0 atom stereocenters. The quantitative estimate of drug-likeness (QED) is 0.508. The van der Waals surface area contributed by atoms with E-state index < -0.39 is 17.7 Å². The Hall–Kier alpha value is -2.96. The van der Waals surface area contributed by atoms with Gasteiger partial charge in [0.05, 0.1) is 17.7 Å². The Morgan fingerprint density at radius 3 is 1.97 bits per heavy atom. The van der Waals surface area contributed by atoms with Gasteiger partial charge < -0.3 is 0 Å². The third-order valence-electron chi connectivity index (χ3n) is 4.59. The summed E-state index contributed by atoms with van der Waals surface area (Å²) in [4.78, 5) is 39.2. The highest BCUT2D eigenvalue weighted by Gasteiger charge is 2.41. The zero-order chi connectivity index (χ0) is 20.5. The predicted molar refractivity (Wildman–Crippen MR) is 112 cm³/mol. The minimum Gasteiger partial charge on any atom is -0.267 e. The van der Waals surface area contributed by atoms with Gasteiger partial charge in [0.15, 0.2) is 0 Å². The van der Waals surface area contributed by atoms with E-state index >= 15 is 0 Å². The van der Waals surface area contributed by atoms with Crippen molar-refractivity contribution in [2.24, 2.45) is 0 Å². The monoisotopic (exact) mass is 468 g/mol. The Morgan fingerprint density at radius 1 is 0.862 bits per heavy atom. The van der Waals surface area contributed by atoms with Crippen LogP contribution in [-0.4, -0.2) is 27.7 Å². The molecule has 4 rings (SSSR count). The summed E-state index contributed by atoms with van der Waals surface area (Å²) in [5, 5.41) is 2.59. The fourth-order valence-corrected chi connectivity index (χ4v) is 3.52. The molecule has 0 unspecified atom stereocenters. The number of carbonyl (C=O) groups is 3. The molecule has 3 aromatic rings. The first-order valence-corrected chi connectivity index (χ1v) is 9.92. The van der Waals surface area contributed by atoms with Crippen molar-refractivity contribution < 1.29 is 14.4 Å². The van der Waals surface area contributed by atoms with E-state index in [1.807, 2.05) is 24.3 Å². The van der Waals surface area contributed by atoms with E-state index in [1.54, 1.807) is 48.5 Å². The van der Waals surface area contributed by atoms with E-state index in [2.05, 4.69) is 15.9 Å². The highest BCUT2D eigenvalue weighted by atomic mass is 79.9. The molecule has 144 valence electrons. The molecule has 7 heteroatoms. The standard InChI is InChI=1S/C22H14BrClN2O3/c23-16-9-5-14(6-10-16)13-25(20(27)15-7-11-17(24)12-8-15)26-21(28)18-3-1-2-4-19(18)22(26)29/h1-12H,13H2. The van der Waals surface area contributed by atoms with Gasteiger partial charge in [-0.25, -0.2) is 5.01 Å². The molecule has 0 fully saturated rings. The molecule has 1 aliphatic heterocycles. The first kappa shape index (κ1) is 19.4. The molecular formula is C22H14BrClN2O3. The van der Waals surface area contributed by atoms with Crippen LogP contribution in [0.4, 0.5) is 0 Å². The SMILES string of the molecule is O=C(c1ccc(Cl)cc1)N(Cc1ccc(Br)cc1)N1C(=O)c2ccccc2C1=O. The molecule has 5 nitrogen and oxygen atoms in total. The van der Waals surface area contributed by atoms with Gasteiger partial charge in [0, 0.05) is 15.1 Å². The Labute approximate surface area is 180 Å². The number of hydrogen-bond donors (Lipinski definition) is 0. The van der Waals surface area contributed by atoms with Crippen molar-refractivity contribution in [2.45, 2.75) is 6.54 Å². The maximum atomic E-state index is 13.3. The van der Waals surface area contributed by atoms with Gasteiger partial charge in [0.1, 0.15) is 0 Å². The Balaban J connectivity index is 1.75. The molecule has 0 aliphatic carbocycles. The van der Waals surface area contributed by atoms with Gasteiger partial charge >= 0.3 is 0 Å². The van der Waals surface area contributed by atoms with Crippen molar-refractivity contribution in [3.05, 3.63) is 105 Å². The number of fused-ring (bicyclic) bond motifs is 1. The number of halogens is 2. The molecule has 0 saturated heterocycles. The smallest absolute Gasteiger partial charge is 0.267 e. The van der Waals surface area contributed by atoms with Crippen molar-refractivity contribution in [2.75, 3.05) is 0 Å². The van der Waals surface area contributed by atoms with Gasteiger partial charge in [-0.3, -0.25) is 14.4 Å². The second-order valence-electron chi connectivity index (χ2n) is 6.46. The van der Waals surface area contributed by atoms with Crippen LogP contribution in [0.1, 0.15) is 36.6 Å². The van der Waals surface area contributed by atoms with Crippen molar-refractivity contribution in [3.63, 3.8) is 0 Å². The zero-order valence-electron chi connectivity index (χ0n) is 15.0. The Morgan fingerprint density at radius 2 is 1.41 bits per heavy atom. The van der Waals surface area contributed by atoms with E-state index in [0.717, 1.165) is 15.0 Å². The normalized spacial score (nSPS) is 12.8. The van der Waals surface area contributed by atoms with Crippen molar-refractivity contribution in [1.82, 2.24) is 10.0 Å². The van der Waals surface area contributed by atoms with Gasteiger partial charge in [-0.2, -0.15) is 5.01 Å². The highest BCUT2D eigenvalue weighted by molar-refractivity contribution is 9.10. The molecule has 3 aromatic carbocycles. The Kier molecular flexibility index (Phi) is 5.22. The van der Waals surface area contributed by atoms with Crippen LogP contribution < -0.4 is 0 Å². The van der Waals surface area contributed by atoms with Crippen LogP contribution in [0.3, 0.4) is 0 Å². The summed E-state index contributed by atoms with van der Waals surface area (Å²) in [5.74, 6) is -1.52. The van der Waals surface area contributed by atoms with Crippen LogP contribution in [0.5, 0.6) is 0 Å². The van der Waals surface area contributed by atoms with Gasteiger partial charge in [-0.15, -0.1) is 0 Å². The molecule has 3 amide bonds. The first-order valence-electron chi connectivity index (χ1n) is 8.75. The lowest BCUT2D eigenvalue weighted by Gasteiger charge is -2.30. The molecule has 0 bridgehead atoms. The van der Waals surface area contributed by atoms with Gasteiger partial charge in [-0.1, -0.05) is 51.8 Å². The van der Waals surface area contributed by atoms with Crippen LogP contribution in [0.2, 0.25) is 5.02 Å². The minimum atomic E-state index is -0.523. The fourth-order valence-electron chi connectivity index (χ4n) is 3.13. The van der Waals surface area contributed by atoms with E-state index in [9.17, 15) is 14.4 Å². The van der Waals surface area contributed by atoms with E-state index in [0.29, 0.717) is 10.6 Å². The van der Waals surface area contributed by atoms with Crippen molar-refractivity contribution in [1.29, 1.82) is 0 Å². The largest absolute Gasteiger partial charge is 0.280 e. The van der Waals surface area contributed by atoms with Gasteiger partial charge in [0.2, 0.25) is 0 Å². The topological polar surface area (TPSA) is 57.7 Å². The maximum absolute atomic E-state index is 13.3. The van der Waals surface area contributed by atoms with Gasteiger partial charge in [-0.05, 0) is 54.1 Å². The summed E-state index contributed by atoms with van der Waals surface area (Å²) in [6.45, 7) is 0.0558. The second kappa shape index (κ2) is 7.81. The lowest BCUT2D eigenvalue weighted by Crippen LogP contribution is -2.49. The fraction of sp³-hybridized carbons (Fsp3) is 0.0455. The minimum absolute atomic E-state index is 0.0558. The summed E-state index contributed by atoms with van der Waals surface area (Å²) < 4.78 is 0.887. The third-order valence-corrected chi connectivity index (χ3v) is 5.37. The molecule has 0 saturated carbocycles. The first-order chi connectivity index (χ1) is 14.0. The van der Waals surface area contributed by atoms with Crippen molar-refractivity contribution >= 4 is 45.3 Å². The molecular weight excluding hydrogens is 456 g/mol. The molecule has 0 spiro atoms. The van der Waals surface area contributed by atoms with E-state index in [-0.39, 0.29) is 17.7 Å². The molecule has 1 aliphatic rings. The molecule has 0 radical (unpaired) electrons. The van der Waals surface area contributed by atoms with E-state index in [1.165, 1.54) is 5.01 Å². The lowest BCUT2D eigenvalue weighted by molar-refractivity contribution is 0.000870. The summed E-state index contributed by atoms with van der Waals surface area (Å²) in [5.41, 5.74) is 1.65. The number of hydrogen-bond acceptors (Lipinski definition) is 3. The number of hydrazine groups is 1. The maximum Gasteiger partial charge on any atom is 0.280 e. The summed E-state index contributed by atoms with van der Waals surface area (Å²) in [7, 11) is 0. The molecule has 29 heavy (non-hydrogen) atoms. The number of rotatable bonds is 4. The molecule has 0 aromatic heterocycles. The number of nitrogens with zero attached hydrogens (tertiary/aromatic N) is 2. The summed E-state index contributed by atoms with van der Waals surface area (Å²) in [6.07, 6.45) is 0. The average Bonchev–Trinajstić information content (AvgIpc) is 2.98. The van der Waals surface area contributed by atoms with Crippen LogP contribution in [0, 0.1) is 0 Å². The van der Waals surface area contributed by atoms with Crippen LogP contribution >= 0.6 is 27.5 Å². The number of carbonyl (C=O) groups excluding carboxylic acids is 3. The van der Waals surface area contributed by atoms with Crippen LogP contribution in [0.15, 0.2) is 77.3 Å². The number of imide groups is 1. The molecule has 1 heterocycles. The number of amides is 3. The van der Waals surface area contributed by atoms with Crippen molar-refractivity contribution in [3.8, 4) is 0 Å². The predicted octanol–water partition coefficient (Wildman–Crippen LogP) is 4.96. The molecule has 0 N–H and O–H groups in total. The van der Waals surface area contributed by atoms with Crippen LogP contribution in [-0.2, 0) is 6.54 Å². The summed E-state index contributed by atoms with van der Waals surface area (Å²) >= 11 is 9.30. The van der Waals surface area contributed by atoms with E-state index in [4.69, 9.17) is 11.6 Å². The second-order valence-corrected chi connectivity index (χ2v) is 7.82. The lowest BCUT2D eigenvalue weighted by atomic mass is 10.1. The van der Waals surface area contributed by atoms with Gasteiger partial charge in [0.25, 0.3) is 17.7 Å². The zero-order valence-corrected chi connectivity index (χ0v) is 17.4. The average molecular weight is 470 g/mol. The third kappa shape index (κ3) is 3.69. The Bertz CT molecular complexity index is 1080. The summed E-state index contributed by atoms with van der Waals surface area (Å²) in [6, 6.07) is 20.2.